The minimum atomic E-state index is -1.07. The maximum atomic E-state index is 2.35. The van der Waals surface area contributed by atoms with Crippen LogP contribution in [0.3, 0.4) is 0 Å². The fourth-order valence-corrected chi connectivity index (χ4v) is 11.4. The normalized spacial score (nSPS) is 12.1. The van der Waals surface area contributed by atoms with E-state index in [9.17, 15) is 0 Å². The van der Waals surface area contributed by atoms with Crippen molar-refractivity contribution in [2.45, 2.75) is 182 Å². The van der Waals surface area contributed by atoms with Crippen LogP contribution in [0.5, 0.6) is 0 Å². The van der Waals surface area contributed by atoms with E-state index in [-0.39, 0.29) is 17.0 Å². The second-order valence-electron chi connectivity index (χ2n) is 11.6. The molecule has 0 aromatic heterocycles. The molecule has 0 rings (SSSR count). The molecule has 0 N–H and O–H groups in total. The zero-order valence-electron chi connectivity index (χ0n) is 24.7. The quantitative estimate of drug-likeness (QED) is 0.0654. The summed E-state index contributed by atoms with van der Waals surface area (Å²) in [7, 11) is -1.07. The van der Waals surface area contributed by atoms with Gasteiger partial charge in [-0.3, -0.25) is 0 Å². The van der Waals surface area contributed by atoms with Gasteiger partial charge in [0.2, 0.25) is 0 Å². The van der Waals surface area contributed by atoms with E-state index in [1.54, 1.807) is 50.3 Å². The summed E-state index contributed by atoms with van der Waals surface area (Å²) in [6.07, 6.45) is 42.4. The molecule has 0 amide bonds. The Labute approximate surface area is 230 Å². The van der Waals surface area contributed by atoms with Crippen LogP contribution in [0.4, 0.5) is 0 Å². The maximum absolute atomic E-state index is 2.35. The molecule has 0 radical (unpaired) electrons. The van der Waals surface area contributed by atoms with Crippen LogP contribution in [0.15, 0.2) is 0 Å². The first kappa shape index (κ1) is 37.1. The standard InChI is InChI=1S/C32H69P.BrH/c1-5-9-13-17-21-25-29-33(30-26-22-18-14-10-6-2,31-27-23-19-15-11-7-3)32-28-24-20-16-12-8-4;/h33H,5-32H2,1-4H3;1H. The molecular formula is C32H70BrP. The number of rotatable bonds is 28. The van der Waals surface area contributed by atoms with Crippen LogP contribution < -0.4 is 0 Å². The van der Waals surface area contributed by atoms with E-state index in [1.807, 2.05) is 0 Å². The fourth-order valence-electron chi connectivity index (χ4n) is 5.87. The average molecular weight is 566 g/mol. The molecule has 2 heteroatoms. The van der Waals surface area contributed by atoms with Gasteiger partial charge in [-0.05, 0) is 0 Å². The summed E-state index contributed by atoms with van der Waals surface area (Å²) in [5, 5.41) is 0. The van der Waals surface area contributed by atoms with Crippen molar-refractivity contribution in [3.05, 3.63) is 0 Å². The molecule has 210 valence electrons. The van der Waals surface area contributed by atoms with Gasteiger partial charge in [0.15, 0.2) is 0 Å². The van der Waals surface area contributed by atoms with Gasteiger partial charge in [0, 0.05) is 0 Å². The van der Waals surface area contributed by atoms with Crippen molar-refractivity contribution >= 4 is 24.2 Å². The zero-order chi connectivity index (χ0) is 24.3. The van der Waals surface area contributed by atoms with Crippen molar-refractivity contribution in [3.63, 3.8) is 0 Å². The van der Waals surface area contributed by atoms with Crippen LogP contribution in [0.1, 0.15) is 182 Å². The zero-order valence-corrected chi connectivity index (χ0v) is 27.4. The van der Waals surface area contributed by atoms with Crippen molar-refractivity contribution in [2.24, 2.45) is 0 Å². The molecule has 34 heavy (non-hydrogen) atoms. The van der Waals surface area contributed by atoms with Gasteiger partial charge in [0.05, 0.1) is 0 Å². The molecule has 0 aliphatic heterocycles. The first-order valence-corrected chi connectivity index (χ1v) is 19.1. The van der Waals surface area contributed by atoms with Crippen LogP contribution >= 0.6 is 24.2 Å². The first-order chi connectivity index (χ1) is 16.2. The Morgan fingerprint density at radius 3 is 0.647 bits per heavy atom. The third-order valence-corrected chi connectivity index (χ3v) is 13.9. The van der Waals surface area contributed by atoms with E-state index in [0.29, 0.717) is 0 Å². The van der Waals surface area contributed by atoms with Crippen LogP contribution in [0.2, 0.25) is 0 Å². The summed E-state index contributed by atoms with van der Waals surface area (Å²) in [6.45, 7) is 9.39. The predicted octanol–water partition coefficient (Wildman–Crippen LogP) is 12.8. The van der Waals surface area contributed by atoms with Gasteiger partial charge in [-0.15, -0.1) is 17.0 Å². The average Bonchev–Trinajstić information content (AvgIpc) is 2.83. The second-order valence-corrected chi connectivity index (χ2v) is 16.6. The number of unbranched alkanes of at least 4 members (excludes halogenated alkanes) is 20. The Hall–Kier alpha value is 0.910. The van der Waals surface area contributed by atoms with Gasteiger partial charge in [-0.1, -0.05) is 0 Å². The number of halogens is 1. The molecule has 0 nitrogen and oxygen atoms in total. The Balaban J connectivity index is 0. The first-order valence-electron chi connectivity index (χ1n) is 16.2. The van der Waals surface area contributed by atoms with E-state index in [2.05, 4.69) is 27.7 Å². The summed E-state index contributed by atoms with van der Waals surface area (Å²) in [5.74, 6) is 0. The van der Waals surface area contributed by atoms with Crippen LogP contribution in [0.25, 0.3) is 0 Å². The van der Waals surface area contributed by atoms with Crippen molar-refractivity contribution in [3.8, 4) is 0 Å². The van der Waals surface area contributed by atoms with Crippen LogP contribution in [-0.4, -0.2) is 24.6 Å². The monoisotopic (exact) mass is 564 g/mol. The fraction of sp³-hybridized carbons (Fsp3) is 1.00. The topological polar surface area (TPSA) is 0 Å². The summed E-state index contributed by atoms with van der Waals surface area (Å²) < 4.78 is 0. The van der Waals surface area contributed by atoms with E-state index < -0.39 is 7.26 Å². The number of hydrogen-bond donors (Lipinski definition) is 0. The molecule has 0 unspecified atom stereocenters. The number of hydrogen-bond acceptors (Lipinski definition) is 0. The molecule has 0 saturated heterocycles. The molecule has 0 aromatic rings. The molecule has 0 atom stereocenters. The van der Waals surface area contributed by atoms with Crippen molar-refractivity contribution < 1.29 is 0 Å². The molecule has 0 aliphatic rings. The third kappa shape index (κ3) is 24.6. The Kier molecular flexibility index (Phi) is 32.9. The van der Waals surface area contributed by atoms with Gasteiger partial charge in [0.25, 0.3) is 0 Å². The Morgan fingerprint density at radius 2 is 0.441 bits per heavy atom. The van der Waals surface area contributed by atoms with Gasteiger partial charge in [-0.2, -0.15) is 0 Å². The molecule has 0 spiro atoms. The van der Waals surface area contributed by atoms with Crippen LogP contribution in [-0.2, 0) is 0 Å². The minimum absolute atomic E-state index is 0. The molecule has 0 aliphatic carbocycles. The van der Waals surface area contributed by atoms with Crippen molar-refractivity contribution in [2.75, 3.05) is 24.6 Å². The van der Waals surface area contributed by atoms with E-state index in [0.717, 1.165) is 0 Å². The Bertz CT molecular complexity index is 287. The molecular weight excluding hydrogens is 495 g/mol. The molecule has 0 aromatic carbocycles. The van der Waals surface area contributed by atoms with Gasteiger partial charge < -0.3 is 0 Å². The Morgan fingerprint density at radius 1 is 0.265 bits per heavy atom. The summed E-state index contributed by atoms with van der Waals surface area (Å²) in [5.41, 5.74) is 0. The molecule has 0 heterocycles. The molecule has 0 fully saturated rings. The summed E-state index contributed by atoms with van der Waals surface area (Å²) in [4.78, 5) is 0. The van der Waals surface area contributed by atoms with Crippen molar-refractivity contribution in [1.29, 1.82) is 0 Å². The van der Waals surface area contributed by atoms with Gasteiger partial charge >= 0.3 is 214 Å². The summed E-state index contributed by atoms with van der Waals surface area (Å²) >= 11 is 0. The van der Waals surface area contributed by atoms with Crippen molar-refractivity contribution in [1.82, 2.24) is 0 Å². The molecule has 0 bridgehead atoms. The second kappa shape index (κ2) is 30.1. The van der Waals surface area contributed by atoms with Gasteiger partial charge in [-0.25, -0.2) is 0 Å². The van der Waals surface area contributed by atoms with Gasteiger partial charge in [0.1, 0.15) is 0 Å². The summed E-state index contributed by atoms with van der Waals surface area (Å²) in [6, 6.07) is 0. The van der Waals surface area contributed by atoms with E-state index in [1.165, 1.54) is 128 Å². The SMILES string of the molecule is Br.CCCCCCCC[PH](CCCCCCCC)(CCCCCCCC)CCCCCCCC. The third-order valence-electron chi connectivity index (χ3n) is 8.24. The molecule has 0 saturated carbocycles. The predicted molar refractivity (Wildman–Crippen MR) is 172 cm³/mol. The van der Waals surface area contributed by atoms with E-state index in [4.69, 9.17) is 0 Å². The van der Waals surface area contributed by atoms with E-state index >= 15 is 0 Å². The van der Waals surface area contributed by atoms with Crippen LogP contribution in [0, 0.1) is 0 Å².